The van der Waals surface area contributed by atoms with Crippen molar-refractivity contribution in [3.63, 3.8) is 0 Å². The largest absolute Gasteiger partial charge is 0.374 e. The van der Waals surface area contributed by atoms with Gasteiger partial charge < -0.3 is 5.73 Å². The first-order chi connectivity index (χ1) is 6.24. The lowest BCUT2D eigenvalue weighted by Crippen LogP contribution is -1.99. The first-order valence-electron chi connectivity index (χ1n) is 3.81. The highest BCUT2D eigenvalue weighted by Gasteiger charge is 2.02. The van der Waals surface area contributed by atoms with Crippen LogP contribution in [-0.2, 0) is 6.54 Å². The van der Waals surface area contributed by atoms with Crippen molar-refractivity contribution in [3.8, 4) is 0 Å². The summed E-state index contributed by atoms with van der Waals surface area (Å²) in [7, 11) is 0. The van der Waals surface area contributed by atoms with Crippen molar-refractivity contribution < 1.29 is 0 Å². The lowest BCUT2D eigenvalue weighted by molar-refractivity contribution is 0.677. The van der Waals surface area contributed by atoms with E-state index in [9.17, 15) is 0 Å². The van der Waals surface area contributed by atoms with E-state index in [1.807, 2.05) is 24.0 Å². The van der Waals surface area contributed by atoms with Gasteiger partial charge in [-0.15, -0.1) is 10.2 Å². The van der Waals surface area contributed by atoms with E-state index in [1.54, 1.807) is 0 Å². The van der Waals surface area contributed by atoms with Gasteiger partial charge in [-0.3, -0.25) is 4.68 Å². The monoisotopic (exact) mass is 195 g/mol. The number of aromatic nitrogens is 4. The fourth-order valence-corrected chi connectivity index (χ4v) is 1.62. The Labute approximate surface area is 79.2 Å². The van der Waals surface area contributed by atoms with Crippen LogP contribution in [0.5, 0.6) is 0 Å². The number of hydrogen-bond donors (Lipinski definition) is 1. The Morgan fingerprint density at radius 2 is 2.38 bits per heavy atom. The molecule has 2 aromatic heterocycles. The smallest absolute Gasteiger partial charge is 0.203 e. The number of hydrogen-bond acceptors (Lipinski definition) is 5. The summed E-state index contributed by atoms with van der Waals surface area (Å²) >= 11 is 1.39. The third kappa shape index (κ3) is 1.83. The van der Waals surface area contributed by atoms with Gasteiger partial charge in [-0.25, -0.2) is 0 Å². The zero-order valence-corrected chi connectivity index (χ0v) is 7.95. The molecule has 0 saturated heterocycles. The fraction of sp³-hybridized carbons (Fsp3) is 0.286. The molecule has 0 unspecified atom stereocenters. The van der Waals surface area contributed by atoms with Crippen LogP contribution in [0.1, 0.15) is 10.6 Å². The van der Waals surface area contributed by atoms with Crippen LogP contribution in [0, 0.1) is 6.92 Å². The molecule has 0 fully saturated rings. The highest BCUT2D eigenvalue weighted by Crippen LogP contribution is 2.11. The van der Waals surface area contributed by atoms with Crippen molar-refractivity contribution >= 4 is 16.5 Å². The molecule has 2 rings (SSSR count). The van der Waals surface area contributed by atoms with Crippen molar-refractivity contribution in [2.45, 2.75) is 13.5 Å². The molecular weight excluding hydrogens is 186 g/mol. The molecule has 68 valence electrons. The topological polar surface area (TPSA) is 69.6 Å². The van der Waals surface area contributed by atoms with Crippen LogP contribution in [0.15, 0.2) is 12.4 Å². The van der Waals surface area contributed by atoms with Gasteiger partial charge in [-0.2, -0.15) is 5.10 Å². The highest BCUT2D eigenvalue weighted by atomic mass is 32.1. The molecule has 2 aromatic rings. The van der Waals surface area contributed by atoms with Gasteiger partial charge >= 0.3 is 0 Å². The summed E-state index contributed by atoms with van der Waals surface area (Å²) in [5.41, 5.74) is 6.59. The van der Waals surface area contributed by atoms with Gasteiger partial charge in [0.2, 0.25) is 5.13 Å². The molecule has 0 saturated carbocycles. The van der Waals surface area contributed by atoms with Crippen molar-refractivity contribution in [1.82, 2.24) is 20.0 Å². The van der Waals surface area contributed by atoms with Crippen LogP contribution in [0.3, 0.4) is 0 Å². The lowest BCUT2D eigenvalue weighted by Gasteiger charge is -1.93. The van der Waals surface area contributed by atoms with Gasteiger partial charge in [0, 0.05) is 6.20 Å². The molecule has 0 spiro atoms. The van der Waals surface area contributed by atoms with Crippen molar-refractivity contribution in [3.05, 3.63) is 23.0 Å². The summed E-state index contributed by atoms with van der Waals surface area (Å²) in [6.45, 7) is 2.64. The Morgan fingerprint density at radius 3 is 2.92 bits per heavy atom. The second-order valence-corrected chi connectivity index (χ2v) is 3.84. The van der Waals surface area contributed by atoms with E-state index in [-0.39, 0.29) is 0 Å². The molecule has 13 heavy (non-hydrogen) atoms. The Morgan fingerprint density at radius 1 is 1.54 bits per heavy atom. The quantitative estimate of drug-likeness (QED) is 0.764. The highest BCUT2D eigenvalue weighted by molar-refractivity contribution is 7.15. The van der Waals surface area contributed by atoms with Crippen LogP contribution in [-0.4, -0.2) is 20.0 Å². The van der Waals surface area contributed by atoms with Gasteiger partial charge in [-0.1, -0.05) is 11.3 Å². The Bertz CT molecular complexity index is 366. The number of nitrogens with two attached hydrogens (primary N) is 1. The maximum absolute atomic E-state index is 5.45. The van der Waals surface area contributed by atoms with Crippen LogP contribution < -0.4 is 5.73 Å². The Balaban J connectivity index is 2.14. The number of rotatable bonds is 2. The Hall–Kier alpha value is -1.43. The average Bonchev–Trinajstić information content (AvgIpc) is 2.62. The van der Waals surface area contributed by atoms with Crippen molar-refractivity contribution in [1.29, 1.82) is 0 Å². The number of nitrogen functional groups attached to an aromatic ring is 1. The summed E-state index contributed by atoms with van der Waals surface area (Å²) < 4.78 is 1.81. The van der Waals surface area contributed by atoms with Gasteiger partial charge in [0.25, 0.3) is 0 Å². The average molecular weight is 195 g/mol. The van der Waals surface area contributed by atoms with Crippen LogP contribution in [0.4, 0.5) is 5.13 Å². The predicted octanol–water partition coefficient (Wildman–Crippen LogP) is 0.674. The molecule has 0 aliphatic rings. The molecular formula is C7H9N5S. The van der Waals surface area contributed by atoms with E-state index in [2.05, 4.69) is 15.3 Å². The summed E-state index contributed by atoms with van der Waals surface area (Å²) in [6, 6.07) is 0. The number of anilines is 1. The second-order valence-electron chi connectivity index (χ2n) is 2.75. The summed E-state index contributed by atoms with van der Waals surface area (Å²) in [4.78, 5) is 0. The lowest BCUT2D eigenvalue weighted by atomic mass is 10.4. The van der Waals surface area contributed by atoms with Crippen LogP contribution in [0.2, 0.25) is 0 Å². The minimum atomic E-state index is 0.499. The zero-order chi connectivity index (χ0) is 9.26. The normalized spacial score (nSPS) is 10.5. The standard InChI is InChI=1S/C7H9N5S/c1-5-2-9-12(3-5)4-6-10-11-7(8)13-6/h2-3H,4H2,1H3,(H2,8,11). The third-order valence-corrected chi connectivity index (χ3v) is 2.28. The SMILES string of the molecule is Cc1cnn(Cc2nnc(N)s2)c1. The molecule has 5 nitrogen and oxygen atoms in total. The Kier molecular flexibility index (Phi) is 1.97. The molecule has 0 aliphatic carbocycles. The minimum absolute atomic E-state index is 0.499. The molecule has 0 bridgehead atoms. The number of aryl methyl sites for hydroxylation is 1. The van der Waals surface area contributed by atoms with Crippen LogP contribution >= 0.6 is 11.3 Å². The van der Waals surface area contributed by atoms with Gasteiger partial charge in [0.15, 0.2) is 0 Å². The van der Waals surface area contributed by atoms with E-state index >= 15 is 0 Å². The van der Waals surface area contributed by atoms with Crippen LogP contribution in [0.25, 0.3) is 0 Å². The molecule has 0 aromatic carbocycles. The first-order valence-corrected chi connectivity index (χ1v) is 4.62. The van der Waals surface area contributed by atoms with E-state index in [4.69, 9.17) is 5.73 Å². The summed E-state index contributed by atoms with van der Waals surface area (Å²) in [5.74, 6) is 0. The first kappa shape index (κ1) is 8.18. The van der Waals surface area contributed by atoms with Crippen molar-refractivity contribution in [2.24, 2.45) is 0 Å². The fourth-order valence-electron chi connectivity index (χ4n) is 1.02. The van der Waals surface area contributed by atoms with E-state index in [0.29, 0.717) is 11.7 Å². The molecule has 6 heteroatoms. The third-order valence-electron chi connectivity index (χ3n) is 1.54. The summed E-state index contributed by atoms with van der Waals surface area (Å²) in [5, 5.41) is 13.1. The molecule has 0 amide bonds. The molecule has 2 N–H and O–H groups in total. The molecule has 0 aliphatic heterocycles. The van der Waals surface area contributed by atoms with Crippen molar-refractivity contribution in [2.75, 3.05) is 5.73 Å². The summed E-state index contributed by atoms with van der Waals surface area (Å²) in [6.07, 6.45) is 3.77. The van der Waals surface area contributed by atoms with Gasteiger partial charge in [-0.05, 0) is 12.5 Å². The second kappa shape index (κ2) is 3.14. The molecule has 0 atom stereocenters. The number of nitrogens with zero attached hydrogens (tertiary/aromatic N) is 4. The molecule has 2 heterocycles. The maximum atomic E-state index is 5.45. The minimum Gasteiger partial charge on any atom is -0.374 e. The van der Waals surface area contributed by atoms with E-state index in [0.717, 1.165) is 10.6 Å². The van der Waals surface area contributed by atoms with Gasteiger partial charge in [0.1, 0.15) is 5.01 Å². The molecule has 0 radical (unpaired) electrons. The predicted molar refractivity (Wildman–Crippen MR) is 50.4 cm³/mol. The zero-order valence-electron chi connectivity index (χ0n) is 7.14. The van der Waals surface area contributed by atoms with Gasteiger partial charge in [0.05, 0.1) is 12.7 Å². The van der Waals surface area contributed by atoms with E-state index < -0.39 is 0 Å². The van der Waals surface area contributed by atoms with E-state index in [1.165, 1.54) is 11.3 Å². The maximum Gasteiger partial charge on any atom is 0.203 e.